The van der Waals surface area contributed by atoms with Crippen molar-refractivity contribution < 1.29 is 36.6 Å². The van der Waals surface area contributed by atoms with Crippen LogP contribution in [0, 0.1) is 0 Å². The fraction of sp³-hybridized carbons (Fsp3) is 0.333. The van der Waals surface area contributed by atoms with Gasteiger partial charge in [-0.3, -0.25) is 0 Å². The lowest BCUT2D eigenvalue weighted by molar-refractivity contribution is -0.139. The van der Waals surface area contributed by atoms with E-state index in [1.54, 1.807) is 40.5 Å². The Kier molecular flexibility index (Phi) is 8.81. The summed E-state index contributed by atoms with van der Waals surface area (Å²) in [5.74, 6) is -4.74. The van der Waals surface area contributed by atoms with Gasteiger partial charge in [-0.15, -0.1) is 0 Å². The topological polar surface area (TPSA) is 65.9 Å². The van der Waals surface area contributed by atoms with Gasteiger partial charge in [0.15, 0.2) is 5.69 Å². The number of nitrogens with zero attached hydrogens (tertiary/aromatic N) is 3. The Balaban J connectivity index is 1.78. The van der Waals surface area contributed by atoms with E-state index >= 15 is 0 Å². The van der Waals surface area contributed by atoms with Crippen molar-refractivity contribution in [3.63, 3.8) is 0 Å². The van der Waals surface area contributed by atoms with Gasteiger partial charge in [-0.2, -0.15) is 13.2 Å². The predicted octanol–water partition coefficient (Wildman–Crippen LogP) is 7.93. The molecule has 1 aromatic heterocycles. The molecule has 3 aromatic rings. The van der Waals surface area contributed by atoms with Gasteiger partial charge in [0.2, 0.25) is 5.92 Å². The van der Waals surface area contributed by atoms with Crippen LogP contribution >= 0.6 is 23.5 Å². The van der Waals surface area contributed by atoms with Crippen molar-refractivity contribution >= 4 is 40.9 Å². The molecule has 0 amide bonds. The Bertz CT molecular complexity index is 1370. The second-order valence-electron chi connectivity index (χ2n) is 9.41. The van der Waals surface area contributed by atoms with Crippen LogP contribution in [0.5, 0.6) is 5.75 Å². The average Bonchev–Trinajstić information content (AvgIpc) is 3.00. The lowest BCUT2D eigenvalue weighted by Gasteiger charge is -2.30. The number of carbonyl (C=O) groups is 1. The van der Waals surface area contributed by atoms with Gasteiger partial charge in [0, 0.05) is 41.5 Å². The smallest absolute Gasteiger partial charge is 0.420 e. The summed E-state index contributed by atoms with van der Waals surface area (Å²) >= 11 is 7.16. The van der Waals surface area contributed by atoms with Crippen molar-refractivity contribution in [2.45, 2.75) is 49.4 Å². The molecule has 0 saturated heterocycles. The molecule has 0 aliphatic carbocycles. The van der Waals surface area contributed by atoms with Gasteiger partial charge in [0.1, 0.15) is 12.4 Å². The average molecular weight is 602 g/mol. The molecular formula is C27H25ClF5N3O3S. The van der Waals surface area contributed by atoms with Crippen LogP contribution < -0.4 is 9.64 Å². The number of anilines is 2. The summed E-state index contributed by atoms with van der Waals surface area (Å²) in [6.45, 7) is 0.510. The van der Waals surface area contributed by atoms with Crippen molar-refractivity contribution in [3.05, 3.63) is 76.6 Å². The molecule has 2 heterocycles. The molecule has 0 unspecified atom stereocenters. The number of benzene rings is 2. The summed E-state index contributed by atoms with van der Waals surface area (Å²) in [5, 5.41) is 9.80. The van der Waals surface area contributed by atoms with E-state index in [1.165, 1.54) is 24.4 Å². The molecule has 40 heavy (non-hydrogen) atoms. The third kappa shape index (κ3) is 7.15. The fourth-order valence-corrected chi connectivity index (χ4v) is 5.47. The molecule has 6 nitrogen and oxygen atoms in total. The molecule has 13 heteroatoms. The molecule has 0 fully saturated rings. The number of ether oxygens (including phenoxy) is 1. The number of fused-ring (bicyclic) bond motifs is 1. The molecule has 1 aliphatic heterocycles. The van der Waals surface area contributed by atoms with Gasteiger partial charge < -0.3 is 14.7 Å². The van der Waals surface area contributed by atoms with Gasteiger partial charge in [-0.25, -0.2) is 22.9 Å². The van der Waals surface area contributed by atoms with Crippen molar-refractivity contribution in [2.24, 2.45) is 0 Å². The molecule has 0 saturated carbocycles. The number of hydrogen-bond donors (Lipinski definition) is 1. The molecule has 0 radical (unpaired) electrons. The van der Waals surface area contributed by atoms with E-state index in [0.29, 0.717) is 15.6 Å². The number of likely N-dealkylation sites (N-methyl/N-ethyl adjacent to an activating group) is 1. The molecule has 0 bridgehead atoms. The second kappa shape index (κ2) is 11.8. The molecule has 1 atom stereocenters. The van der Waals surface area contributed by atoms with Crippen molar-refractivity contribution in [1.29, 1.82) is 0 Å². The maximum atomic E-state index is 14.3. The zero-order chi connectivity index (χ0) is 29.2. The van der Waals surface area contributed by atoms with Crippen LogP contribution in [0.15, 0.2) is 59.6 Å². The molecule has 4 rings (SSSR count). The minimum atomic E-state index is -4.81. The monoisotopic (exact) mass is 601 g/mol. The van der Waals surface area contributed by atoms with Crippen molar-refractivity contribution in [1.82, 2.24) is 9.29 Å². The first-order valence-electron chi connectivity index (χ1n) is 12.1. The number of carboxylic acid groups (broad SMARTS) is 1. The molecule has 0 spiro atoms. The van der Waals surface area contributed by atoms with Crippen LogP contribution in [0.3, 0.4) is 0 Å². The number of pyridine rings is 1. The zero-order valence-electron chi connectivity index (χ0n) is 21.4. The Morgan fingerprint density at radius 2 is 1.88 bits per heavy atom. The Morgan fingerprint density at radius 3 is 2.50 bits per heavy atom. The van der Waals surface area contributed by atoms with Crippen LogP contribution in [0.4, 0.5) is 33.3 Å². The van der Waals surface area contributed by atoms with E-state index in [9.17, 15) is 31.9 Å². The second-order valence-corrected chi connectivity index (χ2v) is 11.0. The van der Waals surface area contributed by atoms with E-state index in [1.807, 2.05) is 0 Å². The summed E-state index contributed by atoms with van der Waals surface area (Å²) in [7, 11) is 1.70. The molecule has 1 aliphatic rings. The quantitative estimate of drug-likeness (QED) is 0.208. The normalized spacial score (nSPS) is 16.4. The predicted molar refractivity (Wildman–Crippen MR) is 143 cm³/mol. The van der Waals surface area contributed by atoms with Gasteiger partial charge in [0.25, 0.3) is 0 Å². The first-order chi connectivity index (χ1) is 18.7. The molecule has 2 aromatic carbocycles. The Labute approximate surface area is 236 Å². The van der Waals surface area contributed by atoms with Crippen LogP contribution in [-0.2, 0) is 12.8 Å². The van der Waals surface area contributed by atoms with Crippen molar-refractivity contribution in [3.8, 4) is 5.75 Å². The maximum Gasteiger partial charge on any atom is 0.420 e. The minimum absolute atomic E-state index is 0.0968. The number of halogens is 6. The van der Waals surface area contributed by atoms with Crippen LogP contribution in [0.2, 0.25) is 5.02 Å². The molecule has 214 valence electrons. The third-order valence-electron chi connectivity index (χ3n) is 6.34. The van der Waals surface area contributed by atoms with Crippen molar-refractivity contribution in [2.75, 3.05) is 18.5 Å². The minimum Gasteiger partial charge on any atom is -0.488 e. The first kappa shape index (κ1) is 29.9. The number of alkyl halides is 5. The summed E-state index contributed by atoms with van der Waals surface area (Å²) in [6.07, 6.45) is -3.85. The van der Waals surface area contributed by atoms with Crippen LogP contribution in [0.25, 0.3) is 0 Å². The van der Waals surface area contributed by atoms with Gasteiger partial charge in [-0.05, 0) is 74.8 Å². The summed E-state index contributed by atoms with van der Waals surface area (Å²) < 4.78 is 77.7. The highest BCUT2D eigenvalue weighted by Crippen LogP contribution is 2.48. The van der Waals surface area contributed by atoms with Gasteiger partial charge >= 0.3 is 12.1 Å². The van der Waals surface area contributed by atoms with E-state index in [2.05, 4.69) is 4.98 Å². The van der Waals surface area contributed by atoms with E-state index < -0.39 is 48.5 Å². The number of carboxylic acids is 1. The maximum absolute atomic E-state index is 14.3. The summed E-state index contributed by atoms with van der Waals surface area (Å²) in [5.41, 5.74) is -0.529. The lowest BCUT2D eigenvalue weighted by atomic mass is 10.1. The zero-order valence-corrected chi connectivity index (χ0v) is 23.0. The summed E-state index contributed by atoms with van der Waals surface area (Å²) in [4.78, 5) is 17.3. The van der Waals surface area contributed by atoms with Gasteiger partial charge in [-0.1, -0.05) is 17.7 Å². The number of aromatic nitrogens is 1. The van der Waals surface area contributed by atoms with Crippen LogP contribution in [-0.4, -0.2) is 45.9 Å². The van der Waals surface area contributed by atoms with E-state index in [4.69, 9.17) is 16.3 Å². The SMILES string of the molecule is CN1Sc2cc(OCc3cccnc3C(=O)O)c(C(F)(F)F)cc2N(c2ccc(Cl)cc2)C[C@H]1CCC(C)(F)F. The van der Waals surface area contributed by atoms with E-state index in [-0.39, 0.29) is 29.9 Å². The number of rotatable bonds is 8. The highest BCUT2D eigenvalue weighted by molar-refractivity contribution is 7.97. The largest absolute Gasteiger partial charge is 0.488 e. The third-order valence-corrected chi connectivity index (χ3v) is 7.70. The Hall–Kier alpha value is -3.09. The number of aromatic carboxylic acids is 1. The standard InChI is InChI=1S/C27H25ClF5N3O3S/c1-26(29,30)10-9-19-14-36(18-7-5-17(28)6-8-18)21-12-20(27(31,32)33)22(13-23(21)40-35(19)2)39-15-16-4-3-11-34-24(16)25(37)38/h3-8,11-13,19H,9-10,14-15H2,1-2H3,(H,37,38)/t19-/m1/s1. The summed E-state index contributed by atoms with van der Waals surface area (Å²) in [6, 6.07) is 11.2. The van der Waals surface area contributed by atoms with Gasteiger partial charge in [0.05, 0.1) is 16.1 Å². The molecular weight excluding hydrogens is 577 g/mol. The Morgan fingerprint density at radius 1 is 1.18 bits per heavy atom. The fourth-order valence-electron chi connectivity index (χ4n) is 4.29. The van der Waals surface area contributed by atoms with E-state index in [0.717, 1.165) is 24.9 Å². The lowest BCUT2D eigenvalue weighted by Crippen LogP contribution is -2.36. The highest BCUT2D eigenvalue weighted by atomic mass is 35.5. The molecule has 1 N–H and O–H groups in total. The number of hydrogen-bond acceptors (Lipinski definition) is 6. The van der Waals surface area contributed by atoms with Crippen LogP contribution in [0.1, 0.15) is 41.4 Å². The highest BCUT2D eigenvalue weighted by Gasteiger charge is 2.38. The first-order valence-corrected chi connectivity index (χ1v) is 13.2.